The van der Waals surface area contributed by atoms with E-state index in [9.17, 15) is 9.18 Å². The van der Waals surface area contributed by atoms with Crippen LogP contribution in [0.4, 0.5) is 4.39 Å². The number of benzene rings is 1. The molecule has 0 radical (unpaired) electrons. The van der Waals surface area contributed by atoms with Gasteiger partial charge in [0, 0.05) is 19.1 Å². The first-order chi connectivity index (χ1) is 9.47. The number of rotatable bonds is 7. The van der Waals surface area contributed by atoms with Gasteiger partial charge in [0.25, 0.3) is 0 Å². The predicted octanol–water partition coefficient (Wildman–Crippen LogP) is 2.60. The van der Waals surface area contributed by atoms with E-state index >= 15 is 0 Å². The lowest BCUT2D eigenvalue weighted by atomic mass is 10.1. The summed E-state index contributed by atoms with van der Waals surface area (Å²) in [5.74, 6) is -0.0969. The molecule has 0 saturated carbocycles. The molecule has 1 rings (SSSR count). The lowest BCUT2D eigenvalue weighted by Gasteiger charge is -2.26. The van der Waals surface area contributed by atoms with Gasteiger partial charge in [0.05, 0.1) is 6.04 Å². The topological polar surface area (TPSA) is 32.3 Å². The third-order valence-corrected chi connectivity index (χ3v) is 3.44. The molecule has 0 fully saturated rings. The van der Waals surface area contributed by atoms with Crippen LogP contribution in [0.5, 0.6) is 0 Å². The number of nitrogens with zero attached hydrogens (tertiary/aromatic N) is 1. The van der Waals surface area contributed by atoms with E-state index in [1.54, 1.807) is 12.1 Å². The highest BCUT2D eigenvalue weighted by Gasteiger charge is 2.19. The second kappa shape index (κ2) is 8.00. The van der Waals surface area contributed by atoms with Crippen LogP contribution in [-0.2, 0) is 11.2 Å². The molecule has 1 aromatic rings. The largest absolute Gasteiger partial charge is 0.342 e. The van der Waals surface area contributed by atoms with Gasteiger partial charge >= 0.3 is 0 Å². The molecule has 0 saturated heterocycles. The fourth-order valence-electron chi connectivity index (χ4n) is 2.34. The summed E-state index contributed by atoms with van der Waals surface area (Å²) in [5, 5.41) is 3.31. The van der Waals surface area contributed by atoms with E-state index in [0.29, 0.717) is 0 Å². The van der Waals surface area contributed by atoms with Crippen molar-refractivity contribution in [2.75, 3.05) is 13.1 Å². The molecule has 1 amide bonds. The monoisotopic (exact) mass is 280 g/mol. The fraction of sp³-hybridized carbons (Fsp3) is 0.562. The smallest absolute Gasteiger partial charge is 0.239 e. The van der Waals surface area contributed by atoms with Gasteiger partial charge in [-0.15, -0.1) is 0 Å². The first-order valence-electron chi connectivity index (χ1n) is 7.27. The Morgan fingerprint density at radius 3 is 2.25 bits per heavy atom. The van der Waals surface area contributed by atoms with Crippen LogP contribution < -0.4 is 5.32 Å². The molecule has 0 aliphatic heterocycles. The molecule has 0 spiro atoms. The first kappa shape index (κ1) is 16.6. The van der Waals surface area contributed by atoms with Crippen LogP contribution in [-0.4, -0.2) is 36.0 Å². The van der Waals surface area contributed by atoms with E-state index in [1.807, 2.05) is 32.6 Å². The van der Waals surface area contributed by atoms with Crippen molar-refractivity contribution >= 4 is 5.91 Å². The van der Waals surface area contributed by atoms with Crippen molar-refractivity contribution in [2.24, 2.45) is 0 Å². The van der Waals surface area contributed by atoms with E-state index in [1.165, 1.54) is 12.1 Å². The van der Waals surface area contributed by atoms with E-state index in [0.717, 1.165) is 25.1 Å². The van der Waals surface area contributed by atoms with Crippen molar-refractivity contribution in [1.82, 2.24) is 10.2 Å². The zero-order valence-corrected chi connectivity index (χ0v) is 12.8. The lowest BCUT2D eigenvalue weighted by Crippen LogP contribution is -2.48. The molecule has 112 valence electrons. The van der Waals surface area contributed by atoms with E-state index in [-0.39, 0.29) is 23.8 Å². The SMILES string of the molecule is CCN(CC)C(=O)C(C)NC(C)Cc1ccc(F)cc1. The zero-order chi connectivity index (χ0) is 15.1. The molecule has 0 aromatic heterocycles. The molecular weight excluding hydrogens is 255 g/mol. The Kier molecular flexibility index (Phi) is 6.65. The summed E-state index contributed by atoms with van der Waals surface area (Å²) in [6, 6.07) is 6.45. The van der Waals surface area contributed by atoms with Crippen molar-refractivity contribution < 1.29 is 9.18 Å². The molecule has 0 aliphatic carbocycles. The maximum atomic E-state index is 12.8. The molecule has 0 bridgehead atoms. The summed E-state index contributed by atoms with van der Waals surface area (Å²) >= 11 is 0. The zero-order valence-electron chi connectivity index (χ0n) is 12.8. The summed E-state index contributed by atoms with van der Waals surface area (Å²) < 4.78 is 12.8. The Labute approximate surface area is 121 Å². The van der Waals surface area contributed by atoms with Gasteiger partial charge in [0.2, 0.25) is 5.91 Å². The van der Waals surface area contributed by atoms with E-state index in [4.69, 9.17) is 0 Å². The van der Waals surface area contributed by atoms with Gasteiger partial charge in [-0.2, -0.15) is 0 Å². The Balaban J connectivity index is 2.50. The first-order valence-corrected chi connectivity index (χ1v) is 7.27. The quantitative estimate of drug-likeness (QED) is 0.832. The van der Waals surface area contributed by atoms with Crippen LogP contribution in [0.3, 0.4) is 0 Å². The second-order valence-corrected chi connectivity index (χ2v) is 5.13. The van der Waals surface area contributed by atoms with Crippen molar-refractivity contribution in [1.29, 1.82) is 0 Å². The van der Waals surface area contributed by atoms with Gasteiger partial charge in [-0.25, -0.2) is 4.39 Å². The molecule has 2 unspecified atom stereocenters. The number of nitrogens with one attached hydrogen (secondary N) is 1. The minimum Gasteiger partial charge on any atom is -0.342 e. The van der Waals surface area contributed by atoms with Crippen LogP contribution in [0, 0.1) is 5.82 Å². The van der Waals surface area contributed by atoms with Crippen molar-refractivity contribution in [3.05, 3.63) is 35.6 Å². The molecule has 0 heterocycles. The summed E-state index contributed by atoms with van der Waals surface area (Å²) in [6.07, 6.45) is 0.774. The van der Waals surface area contributed by atoms with Crippen LogP contribution >= 0.6 is 0 Å². The number of halogens is 1. The molecule has 2 atom stereocenters. The van der Waals surface area contributed by atoms with E-state index in [2.05, 4.69) is 5.32 Å². The molecule has 20 heavy (non-hydrogen) atoms. The Hall–Kier alpha value is -1.42. The van der Waals surface area contributed by atoms with Gasteiger partial charge in [0.15, 0.2) is 0 Å². The number of likely N-dealkylation sites (N-methyl/N-ethyl adjacent to an activating group) is 1. The summed E-state index contributed by atoms with van der Waals surface area (Å²) in [7, 11) is 0. The summed E-state index contributed by atoms with van der Waals surface area (Å²) in [4.78, 5) is 14.0. The van der Waals surface area contributed by atoms with Crippen LogP contribution in [0.25, 0.3) is 0 Å². The van der Waals surface area contributed by atoms with E-state index < -0.39 is 0 Å². The van der Waals surface area contributed by atoms with Crippen molar-refractivity contribution in [2.45, 2.75) is 46.2 Å². The highest BCUT2D eigenvalue weighted by atomic mass is 19.1. The Bertz CT molecular complexity index is 415. The second-order valence-electron chi connectivity index (χ2n) is 5.13. The summed E-state index contributed by atoms with van der Waals surface area (Å²) in [5.41, 5.74) is 1.06. The third-order valence-electron chi connectivity index (χ3n) is 3.44. The van der Waals surface area contributed by atoms with Crippen LogP contribution in [0.15, 0.2) is 24.3 Å². The summed E-state index contributed by atoms with van der Waals surface area (Å²) in [6.45, 7) is 9.35. The highest BCUT2D eigenvalue weighted by Crippen LogP contribution is 2.06. The minimum absolute atomic E-state index is 0.126. The molecule has 0 aliphatic rings. The average molecular weight is 280 g/mol. The average Bonchev–Trinajstić information content (AvgIpc) is 2.42. The number of carbonyl (C=O) groups is 1. The van der Waals surface area contributed by atoms with Crippen LogP contribution in [0.2, 0.25) is 0 Å². The molecule has 1 aromatic carbocycles. The van der Waals surface area contributed by atoms with Crippen molar-refractivity contribution in [3.8, 4) is 0 Å². The lowest BCUT2D eigenvalue weighted by molar-refractivity contribution is -0.132. The van der Waals surface area contributed by atoms with Gasteiger partial charge in [-0.3, -0.25) is 4.79 Å². The highest BCUT2D eigenvalue weighted by molar-refractivity contribution is 5.81. The Morgan fingerprint density at radius 2 is 1.75 bits per heavy atom. The van der Waals surface area contributed by atoms with Crippen LogP contribution in [0.1, 0.15) is 33.3 Å². The standard InChI is InChI=1S/C16H25FN2O/c1-5-19(6-2)16(20)13(4)18-12(3)11-14-7-9-15(17)10-8-14/h7-10,12-13,18H,5-6,11H2,1-4H3. The molecule has 4 heteroatoms. The van der Waals surface area contributed by atoms with Crippen molar-refractivity contribution in [3.63, 3.8) is 0 Å². The Morgan fingerprint density at radius 1 is 1.20 bits per heavy atom. The number of hydrogen-bond acceptors (Lipinski definition) is 2. The van der Waals surface area contributed by atoms with Gasteiger partial charge in [0.1, 0.15) is 5.82 Å². The van der Waals surface area contributed by atoms with Gasteiger partial charge < -0.3 is 10.2 Å². The number of amides is 1. The number of carbonyl (C=O) groups excluding carboxylic acids is 1. The number of hydrogen-bond donors (Lipinski definition) is 1. The fourth-order valence-corrected chi connectivity index (χ4v) is 2.34. The predicted molar refractivity (Wildman–Crippen MR) is 80.1 cm³/mol. The normalized spacial score (nSPS) is 13.8. The van der Waals surface area contributed by atoms with Gasteiger partial charge in [-0.05, 0) is 51.8 Å². The molecular formula is C16H25FN2O. The maximum Gasteiger partial charge on any atom is 0.239 e. The third kappa shape index (κ3) is 4.93. The molecule has 3 nitrogen and oxygen atoms in total. The van der Waals surface area contributed by atoms with Gasteiger partial charge in [-0.1, -0.05) is 12.1 Å². The molecule has 1 N–H and O–H groups in total. The maximum absolute atomic E-state index is 12.8. The minimum atomic E-state index is -0.223.